The van der Waals surface area contributed by atoms with Crippen molar-refractivity contribution in [2.75, 3.05) is 20.3 Å². The van der Waals surface area contributed by atoms with Crippen LogP contribution in [-0.2, 0) is 9.53 Å². The molecule has 1 atom stereocenters. The first-order valence-corrected chi connectivity index (χ1v) is 8.01. The quantitative estimate of drug-likeness (QED) is 0.890. The molecule has 7 heteroatoms. The number of amides is 2. The Balaban J connectivity index is 1.96. The maximum Gasteiger partial charge on any atom is 0.274 e. The minimum absolute atomic E-state index is 0.0962. The van der Waals surface area contributed by atoms with Gasteiger partial charge < -0.3 is 19.8 Å². The third kappa shape index (κ3) is 2.75. The van der Waals surface area contributed by atoms with E-state index in [4.69, 9.17) is 10.5 Å². The predicted molar refractivity (Wildman–Crippen MR) is 88.6 cm³/mol. The van der Waals surface area contributed by atoms with Gasteiger partial charge in [-0.2, -0.15) is 0 Å². The van der Waals surface area contributed by atoms with Crippen LogP contribution in [0, 0.1) is 6.92 Å². The first-order chi connectivity index (χ1) is 11.5. The Morgan fingerprint density at radius 1 is 1.42 bits per heavy atom. The largest absolute Gasteiger partial charge is 0.382 e. The number of pyridine rings is 1. The molecule has 7 nitrogen and oxygen atoms in total. The Kier molecular flexibility index (Phi) is 4.28. The molecule has 3 heterocycles. The summed E-state index contributed by atoms with van der Waals surface area (Å²) in [7, 11) is 1.57. The van der Waals surface area contributed by atoms with Gasteiger partial charge in [0, 0.05) is 25.5 Å². The molecule has 0 unspecified atom stereocenters. The minimum Gasteiger partial charge on any atom is -0.382 e. The maximum atomic E-state index is 13.0. The molecule has 0 saturated carbocycles. The molecule has 1 aliphatic rings. The van der Waals surface area contributed by atoms with E-state index in [1.54, 1.807) is 18.2 Å². The molecule has 1 aliphatic heterocycles. The summed E-state index contributed by atoms with van der Waals surface area (Å²) in [6, 6.07) is 5.73. The second-order valence-corrected chi connectivity index (χ2v) is 6.38. The van der Waals surface area contributed by atoms with Crippen molar-refractivity contribution in [3.05, 3.63) is 35.8 Å². The van der Waals surface area contributed by atoms with Gasteiger partial charge in [-0.3, -0.25) is 9.59 Å². The Bertz CT molecular complexity index is 785. The number of aromatic nitrogens is 2. The second-order valence-electron chi connectivity index (χ2n) is 6.38. The molecule has 0 aromatic carbocycles. The van der Waals surface area contributed by atoms with Crippen LogP contribution in [0.5, 0.6) is 0 Å². The monoisotopic (exact) mass is 330 g/mol. The number of primary amides is 1. The molecule has 2 aromatic rings. The van der Waals surface area contributed by atoms with Crippen LogP contribution >= 0.6 is 0 Å². The van der Waals surface area contributed by atoms with E-state index in [1.165, 1.54) is 0 Å². The van der Waals surface area contributed by atoms with Gasteiger partial charge in [0.2, 0.25) is 5.91 Å². The molecule has 3 rings (SSSR count). The highest BCUT2D eigenvalue weighted by Crippen LogP contribution is 2.34. The summed E-state index contributed by atoms with van der Waals surface area (Å²) in [6.07, 6.45) is 3.35. The van der Waals surface area contributed by atoms with E-state index in [0.29, 0.717) is 18.7 Å². The summed E-state index contributed by atoms with van der Waals surface area (Å²) < 4.78 is 7.18. The molecular weight excluding hydrogens is 308 g/mol. The van der Waals surface area contributed by atoms with Crippen LogP contribution in [0.15, 0.2) is 24.4 Å². The van der Waals surface area contributed by atoms with Gasteiger partial charge in [0.15, 0.2) is 0 Å². The summed E-state index contributed by atoms with van der Waals surface area (Å²) in [5, 5.41) is 0. The van der Waals surface area contributed by atoms with Gasteiger partial charge >= 0.3 is 0 Å². The van der Waals surface area contributed by atoms with Crippen LogP contribution in [0.4, 0.5) is 0 Å². The maximum absolute atomic E-state index is 13.0. The highest BCUT2D eigenvalue weighted by Gasteiger charge is 2.45. The third-order valence-corrected chi connectivity index (χ3v) is 4.67. The first-order valence-electron chi connectivity index (χ1n) is 8.01. The molecule has 0 bridgehead atoms. The summed E-state index contributed by atoms with van der Waals surface area (Å²) in [6.45, 7) is 2.82. The van der Waals surface area contributed by atoms with Gasteiger partial charge in [-0.25, -0.2) is 4.98 Å². The van der Waals surface area contributed by atoms with Crippen molar-refractivity contribution in [3.63, 3.8) is 0 Å². The summed E-state index contributed by atoms with van der Waals surface area (Å²) in [4.78, 5) is 30.7. The average Bonchev–Trinajstić information content (AvgIpc) is 3.11. The predicted octanol–water partition coefficient (Wildman–Crippen LogP) is 1.14. The number of hydrogen-bond donors (Lipinski definition) is 1. The molecule has 0 aliphatic carbocycles. The fraction of sp³-hybridized carbons (Fsp3) is 0.471. The molecule has 2 N–H and O–H groups in total. The van der Waals surface area contributed by atoms with E-state index in [2.05, 4.69) is 4.98 Å². The number of methoxy groups -OCH3 is 1. The van der Waals surface area contributed by atoms with Crippen LogP contribution in [0.3, 0.4) is 0 Å². The second kappa shape index (κ2) is 6.24. The lowest BCUT2D eigenvalue weighted by Gasteiger charge is -2.36. The lowest BCUT2D eigenvalue weighted by molar-refractivity contribution is -0.121. The average molecular weight is 330 g/mol. The summed E-state index contributed by atoms with van der Waals surface area (Å²) >= 11 is 0. The molecule has 0 spiro atoms. The molecule has 1 saturated heterocycles. The number of fused-ring (bicyclic) bond motifs is 1. The topological polar surface area (TPSA) is 89.9 Å². The van der Waals surface area contributed by atoms with Crippen LogP contribution in [-0.4, -0.2) is 51.9 Å². The first kappa shape index (κ1) is 16.4. The smallest absolute Gasteiger partial charge is 0.274 e. The van der Waals surface area contributed by atoms with Gasteiger partial charge in [-0.05, 0) is 31.9 Å². The van der Waals surface area contributed by atoms with Crippen LogP contribution < -0.4 is 5.73 Å². The third-order valence-electron chi connectivity index (χ3n) is 4.67. The number of likely N-dealkylation sites (tertiary alicyclic amines) is 1. The van der Waals surface area contributed by atoms with Crippen molar-refractivity contribution in [1.29, 1.82) is 0 Å². The van der Waals surface area contributed by atoms with E-state index in [1.807, 2.05) is 29.5 Å². The SMILES string of the molecule is COC[C@@]1(CC(N)=O)CCCN1C(=O)c1cn2c(C)cccc2n1. The molecule has 128 valence electrons. The Labute approximate surface area is 140 Å². The standard InChI is InChI=1S/C17H22N4O3/c1-12-5-3-6-15-19-13(10-20(12)15)16(23)21-8-4-7-17(21,11-24-2)9-14(18)22/h3,5-6,10H,4,7-9,11H2,1-2H3,(H2,18,22)/t17-/m0/s1. The minimum atomic E-state index is -0.678. The summed E-state index contributed by atoms with van der Waals surface area (Å²) in [5.74, 6) is -0.619. The van der Waals surface area contributed by atoms with E-state index < -0.39 is 11.4 Å². The molecule has 0 radical (unpaired) electrons. The number of carbonyl (C=O) groups is 2. The van der Waals surface area contributed by atoms with Crippen molar-refractivity contribution >= 4 is 17.5 Å². The number of nitrogens with zero attached hydrogens (tertiary/aromatic N) is 3. The lowest BCUT2D eigenvalue weighted by Crippen LogP contribution is -2.52. The zero-order valence-corrected chi connectivity index (χ0v) is 14.0. The number of hydrogen-bond acceptors (Lipinski definition) is 4. The lowest BCUT2D eigenvalue weighted by atomic mass is 9.92. The van der Waals surface area contributed by atoms with Gasteiger partial charge in [0.1, 0.15) is 11.3 Å². The number of ether oxygens (including phenoxy) is 1. The normalized spacial score (nSPS) is 20.7. The number of rotatable bonds is 5. The fourth-order valence-electron chi connectivity index (χ4n) is 3.62. The van der Waals surface area contributed by atoms with Crippen molar-refractivity contribution < 1.29 is 14.3 Å². The van der Waals surface area contributed by atoms with E-state index in [-0.39, 0.29) is 18.9 Å². The van der Waals surface area contributed by atoms with Crippen molar-refractivity contribution in [3.8, 4) is 0 Å². The van der Waals surface area contributed by atoms with Gasteiger partial charge in [-0.1, -0.05) is 6.07 Å². The summed E-state index contributed by atoms with van der Waals surface area (Å²) in [5.41, 5.74) is 6.84. The van der Waals surface area contributed by atoms with Crippen molar-refractivity contribution in [1.82, 2.24) is 14.3 Å². The number of imidazole rings is 1. The van der Waals surface area contributed by atoms with Gasteiger partial charge in [0.05, 0.1) is 18.6 Å². The van der Waals surface area contributed by atoms with Crippen molar-refractivity contribution in [2.24, 2.45) is 5.73 Å². The molecule has 1 fully saturated rings. The Hall–Kier alpha value is -2.41. The van der Waals surface area contributed by atoms with E-state index in [9.17, 15) is 9.59 Å². The van der Waals surface area contributed by atoms with Crippen LogP contribution in [0.1, 0.15) is 35.4 Å². The van der Waals surface area contributed by atoms with Crippen LogP contribution in [0.2, 0.25) is 0 Å². The Morgan fingerprint density at radius 3 is 2.88 bits per heavy atom. The molecular formula is C17H22N4O3. The number of nitrogens with two attached hydrogens (primary N) is 1. The van der Waals surface area contributed by atoms with Crippen molar-refractivity contribution in [2.45, 2.75) is 31.7 Å². The Morgan fingerprint density at radius 2 is 2.21 bits per heavy atom. The van der Waals surface area contributed by atoms with Crippen LogP contribution in [0.25, 0.3) is 5.65 Å². The van der Waals surface area contributed by atoms with E-state index in [0.717, 1.165) is 17.8 Å². The molecule has 2 amide bonds. The molecule has 2 aromatic heterocycles. The number of aryl methyl sites for hydroxylation is 1. The highest BCUT2D eigenvalue weighted by molar-refractivity contribution is 5.94. The zero-order chi connectivity index (χ0) is 17.3. The zero-order valence-electron chi connectivity index (χ0n) is 14.0. The highest BCUT2D eigenvalue weighted by atomic mass is 16.5. The fourth-order valence-corrected chi connectivity index (χ4v) is 3.62. The van der Waals surface area contributed by atoms with E-state index >= 15 is 0 Å². The molecule has 24 heavy (non-hydrogen) atoms. The van der Waals surface area contributed by atoms with Gasteiger partial charge in [0.25, 0.3) is 5.91 Å². The van der Waals surface area contributed by atoms with Gasteiger partial charge in [-0.15, -0.1) is 0 Å². The number of carbonyl (C=O) groups excluding carboxylic acids is 2.